The van der Waals surface area contributed by atoms with E-state index >= 15 is 0 Å². The lowest BCUT2D eigenvalue weighted by molar-refractivity contribution is -0.122. The Kier molecular flexibility index (Phi) is 6.54. The number of nitrogens with one attached hydrogen (secondary N) is 2. The molecule has 10 heteroatoms. The van der Waals surface area contributed by atoms with Crippen molar-refractivity contribution in [3.8, 4) is 0 Å². The first kappa shape index (κ1) is 22.0. The molecule has 0 unspecified atom stereocenters. The molecule has 3 aromatic carbocycles. The van der Waals surface area contributed by atoms with Gasteiger partial charge in [-0.1, -0.05) is 48.5 Å². The average Bonchev–Trinajstić information content (AvgIpc) is 3.27. The summed E-state index contributed by atoms with van der Waals surface area (Å²) < 4.78 is 50.1. The van der Waals surface area contributed by atoms with E-state index in [-0.39, 0.29) is 29.2 Å². The smallest absolute Gasteiger partial charge is 0.243 e. The minimum Gasteiger partial charge on any atom is -0.351 e. The molecule has 7 nitrogen and oxygen atoms in total. The van der Waals surface area contributed by atoms with Gasteiger partial charge in [0.05, 0.1) is 11.7 Å². The zero-order valence-electron chi connectivity index (χ0n) is 16.7. The van der Waals surface area contributed by atoms with E-state index in [9.17, 15) is 17.6 Å². The molecule has 0 aliphatic rings. The topological polar surface area (TPSA) is 101 Å². The summed E-state index contributed by atoms with van der Waals surface area (Å²) in [6, 6.07) is 18.5. The first-order chi connectivity index (χ1) is 15.4. The maximum atomic E-state index is 13.2. The number of aromatic nitrogens is 2. The number of hydrogen-bond acceptors (Lipinski definition) is 6. The van der Waals surface area contributed by atoms with E-state index in [2.05, 4.69) is 18.8 Å². The van der Waals surface area contributed by atoms with E-state index in [0.717, 1.165) is 17.3 Å². The summed E-state index contributed by atoms with van der Waals surface area (Å²) in [5.74, 6) is -0.870. The molecule has 164 valence electrons. The summed E-state index contributed by atoms with van der Waals surface area (Å²) in [6.07, 6.45) is 0.153. The van der Waals surface area contributed by atoms with E-state index < -0.39 is 22.0 Å². The number of hydrogen-bond donors (Lipinski definition) is 2. The molecule has 0 fully saturated rings. The Bertz CT molecular complexity index is 1330. The Labute approximate surface area is 188 Å². The predicted octanol–water partition coefficient (Wildman–Crippen LogP) is 3.04. The molecule has 1 amide bonds. The SMILES string of the molecule is O=C(NCc1ccc(F)cc1)[C@H](Cc1ccccc1)NS(=O)(=O)c1cccc2nsnc12. The van der Waals surface area contributed by atoms with Gasteiger partial charge in [-0.2, -0.15) is 13.5 Å². The molecule has 4 rings (SSSR count). The van der Waals surface area contributed by atoms with Crippen LogP contribution < -0.4 is 10.0 Å². The largest absolute Gasteiger partial charge is 0.351 e. The number of nitrogens with zero attached hydrogens (tertiary/aromatic N) is 2. The van der Waals surface area contributed by atoms with E-state index in [1.54, 1.807) is 24.3 Å². The molecular formula is C22H19FN4O3S2. The Morgan fingerprint density at radius 2 is 1.69 bits per heavy atom. The second kappa shape index (κ2) is 9.51. The highest BCUT2D eigenvalue weighted by Gasteiger charge is 2.28. The number of carbonyl (C=O) groups is 1. The lowest BCUT2D eigenvalue weighted by Gasteiger charge is -2.19. The Hall–Kier alpha value is -3.21. The van der Waals surface area contributed by atoms with Crippen molar-refractivity contribution in [2.75, 3.05) is 0 Å². The van der Waals surface area contributed by atoms with Gasteiger partial charge in [0.15, 0.2) is 0 Å². The van der Waals surface area contributed by atoms with Gasteiger partial charge in [-0.15, -0.1) is 0 Å². The van der Waals surface area contributed by atoms with Gasteiger partial charge in [0.1, 0.15) is 27.8 Å². The normalized spacial score (nSPS) is 12.5. The van der Waals surface area contributed by atoms with E-state index in [1.165, 1.54) is 18.2 Å². The predicted molar refractivity (Wildman–Crippen MR) is 120 cm³/mol. The number of carbonyl (C=O) groups excluding carboxylic acids is 1. The molecule has 1 aromatic heterocycles. The number of benzene rings is 3. The van der Waals surface area contributed by atoms with Gasteiger partial charge in [-0.25, -0.2) is 12.8 Å². The van der Waals surface area contributed by atoms with Gasteiger partial charge < -0.3 is 5.32 Å². The highest BCUT2D eigenvalue weighted by Crippen LogP contribution is 2.21. The Morgan fingerprint density at radius 3 is 2.44 bits per heavy atom. The van der Waals surface area contributed by atoms with Crippen LogP contribution in [-0.4, -0.2) is 29.1 Å². The van der Waals surface area contributed by atoms with Gasteiger partial charge in [0, 0.05) is 6.54 Å². The maximum Gasteiger partial charge on any atom is 0.243 e. The van der Waals surface area contributed by atoms with E-state index in [0.29, 0.717) is 11.1 Å². The maximum absolute atomic E-state index is 13.2. The number of rotatable bonds is 8. The van der Waals surface area contributed by atoms with Crippen LogP contribution in [0.3, 0.4) is 0 Å². The zero-order chi connectivity index (χ0) is 22.6. The summed E-state index contributed by atoms with van der Waals surface area (Å²) in [5.41, 5.74) is 2.22. The molecule has 2 N–H and O–H groups in total. The monoisotopic (exact) mass is 470 g/mol. The van der Waals surface area contributed by atoms with Gasteiger partial charge in [0.2, 0.25) is 15.9 Å². The van der Waals surface area contributed by atoms with E-state index in [1.807, 2.05) is 30.3 Å². The molecule has 0 saturated carbocycles. The molecular weight excluding hydrogens is 451 g/mol. The Morgan fingerprint density at radius 1 is 0.938 bits per heavy atom. The third-order valence-electron chi connectivity index (χ3n) is 4.82. The van der Waals surface area contributed by atoms with Crippen molar-refractivity contribution in [2.45, 2.75) is 23.9 Å². The number of sulfonamides is 1. The van der Waals surface area contributed by atoms with Crippen molar-refractivity contribution in [2.24, 2.45) is 0 Å². The van der Waals surface area contributed by atoms with Gasteiger partial charge >= 0.3 is 0 Å². The van der Waals surface area contributed by atoms with Crippen LogP contribution in [0.25, 0.3) is 11.0 Å². The molecule has 0 saturated heterocycles. The van der Waals surface area contributed by atoms with Crippen molar-refractivity contribution >= 4 is 38.7 Å². The molecule has 32 heavy (non-hydrogen) atoms. The molecule has 1 atom stereocenters. The van der Waals surface area contributed by atoms with Crippen LogP contribution >= 0.6 is 11.7 Å². The van der Waals surface area contributed by atoms with Gasteiger partial charge in [-0.05, 0) is 41.8 Å². The fourth-order valence-electron chi connectivity index (χ4n) is 3.20. The molecule has 0 bridgehead atoms. The van der Waals surface area contributed by atoms with Crippen LogP contribution in [0.1, 0.15) is 11.1 Å². The molecule has 0 aliphatic heterocycles. The van der Waals surface area contributed by atoms with Crippen molar-refractivity contribution < 1.29 is 17.6 Å². The third-order valence-corrected chi connectivity index (χ3v) is 6.86. The first-order valence-electron chi connectivity index (χ1n) is 9.72. The number of halogens is 1. The lowest BCUT2D eigenvalue weighted by atomic mass is 10.1. The summed E-state index contributed by atoms with van der Waals surface area (Å²) in [6.45, 7) is 0.137. The Balaban J connectivity index is 1.57. The van der Waals surface area contributed by atoms with Crippen LogP contribution in [0.4, 0.5) is 4.39 Å². The highest BCUT2D eigenvalue weighted by molar-refractivity contribution is 7.89. The summed E-state index contributed by atoms with van der Waals surface area (Å²) in [4.78, 5) is 12.9. The lowest BCUT2D eigenvalue weighted by Crippen LogP contribution is -2.47. The fraction of sp³-hybridized carbons (Fsp3) is 0.136. The average molecular weight is 471 g/mol. The number of amides is 1. The second-order valence-corrected chi connectivity index (χ2v) is 9.31. The zero-order valence-corrected chi connectivity index (χ0v) is 18.4. The number of fused-ring (bicyclic) bond motifs is 1. The van der Waals surface area contributed by atoms with Crippen molar-refractivity contribution in [3.63, 3.8) is 0 Å². The minimum absolute atomic E-state index is 0.0341. The fourth-order valence-corrected chi connectivity index (χ4v) is 5.16. The molecule has 4 aromatic rings. The van der Waals surface area contributed by atoms with Crippen molar-refractivity contribution in [1.29, 1.82) is 0 Å². The molecule has 0 aliphatic carbocycles. The van der Waals surface area contributed by atoms with Crippen LogP contribution in [-0.2, 0) is 27.8 Å². The first-order valence-corrected chi connectivity index (χ1v) is 11.9. The summed E-state index contributed by atoms with van der Waals surface area (Å²) >= 11 is 0.919. The van der Waals surface area contributed by atoms with E-state index in [4.69, 9.17) is 0 Å². The molecule has 1 heterocycles. The minimum atomic E-state index is -4.07. The highest BCUT2D eigenvalue weighted by atomic mass is 32.2. The third kappa shape index (κ3) is 5.16. The summed E-state index contributed by atoms with van der Waals surface area (Å²) in [7, 11) is -4.07. The summed E-state index contributed by atoms with van der Waals surface area (Å²) in [5, 5.41) is 2.73. The van der Waals surface area contributed by atoms with Crippen molar-refractivity contribution in [3.05, 3.63) is 89.7 Å². The van der Waals surface area contributed by atoms with Gasteiger partial charge in [0.25, 0.3) is 0 Å². The van der Waals surface area contributed by atoms with Crippen LogP contribution in [0.2, 0.25) is 0 Å². The molecule has 0 radical (unpaired) electrons. The standard InChI is InChI=1S/C22H19FN4O3S2/c23-17-11-9-16(10-12-17)14-24-22(28)19(13-15-5-2-1-3-6-15)27-32(29,30)20-8-4-7-18-21(20)26-31-25-18/h1-12,19,27H,13-14H2,(H,24,28)/t19-/m0/s1. The second-order valence-electron chi connectivity index (χ2n) is 7.10. The molecule has 0 spiro atoms. The van der Waals surface area contributed by atoms with Crippen molar-refractivity contribution in [1.82, 2.24) is 18.8 Å². The van der Waals surface area contributed by atoms with Crippen LogP contribution in [0, 0.1) is 5.82 Å². The quantitative estimate of drug-likeness (QED) is 0.412. The van der Waals surface area contributed by atoms with Crippen LogP contribution in [0.15, 0.2) is 77.7 Å². The van der Waals surface area contributed by atoms with Gasteiger partial charge in [-0.3, -0.25) is 4.79 Å². The van der Waals surface area contributed by atoms with Crippen LogP contribution in [0.5, 0.6) is 0 Å².